The fraction of sp³-hybridized carbons (Fsp3) is 0.250. The molecule has 4 nitrogen and oxygen atoms in total. The fourth-order valence-corrected chi connectivity index (χ4v) is 3.30. The molecule has 20 heavy (non-hydrogen) atoms. The lowest BCUT2D eigenvalue weighted by atomic mass is 9.88. The predicted octanol–water partition coefficient (Wildman–Crippen LogP) is 3.13. The molecule has 3 heterocycles. The number of hydrogen-bond donors (Lipinski definition) is 2. The van der Waals surface area contributed by atoms with Crippen molar-refractivity contribution in [2.75, 3.05) is 0 Å². The van der Waals surface area contributed by atoms with Gasteiger partial charge in [0.15, 0.2) is 0 Å². The van der Waals surface area contributed by atoms with Gasteiger partial charge in [0, 0.05) is 0 Å². The molecule has 2 aliphatic heterocycles. The van der Waals surface area contributed by atoms with E-state index in [4.69, 9.17) is 4.74 Å². The molecule has 1 aromatic heterocycles. The van der Waals surface area contributed by atoms with Gasteiger partial charge in [0.1, 0.15) is 11.7 Å². The standard InChI is InChI=1S/C16H15NO3/c1-2-16-9-8-11(20-16)12-13(16)15(19)17(14(12)18)10-6-4-3-5-7-10/h3-9,11,18-19H,2H2,1H3. The highest BCUT2D eigenvalue weighted by molar-refractivity contribution is 5.61. The second kappa shape index (κ2) is 3.67. The Kier molecular flexibility index (Phi) is 2.13. The molecule has 0 amide bonds. The van der Waals surface area contributed by atoms with Gasteiger partial charge in [-0.15, -0.1) is 0 Å². The third kappa shape index (κ3) is 1.20. The molecule has 0 fully saturated rings. The maximum Gasteiger partial charge on any atom is 0.205 e. The molecule has 2 N–H and O–H groups in total. The van der Waals surface area contributed by atoms with Crippen molar-refractivity contribution in [2.24, 2.45) is 0 Å². The molecule has 0 saturated heterocycles. The van der Waals surface area contributed by atoms with Gasteiger partial charge in [0.05, 0.1) is 16.8 Å². The van der Waals surface area contributed by atoms with Gasteiger partial charge in [-0.2, -0.15) is 0 Å². The first-order chi connectivity index (χ1) is 9.68. The summed E-state index contributed by atoms with van der Waals surface area (Å²) in [5.74, 6) is 0.130. The van der Waals surface area contributed by atoms with E-state index in [0.29, 0.717) is 11.1 Å². The molecule has 0 spiro atoms. The van der Waals surface area contributed by atoms with Gasteiger partial charge in [0.25, 0.3) is 0 Å². The molecule has 102 valence electrons. The van der Waals surface area contributed by atoms with E-state index < -0.39 is 5.60 Å². The topological polar surface area (TPSA) is 54.6 Å². The molecule has 2 aliphatic rings. The van der Waals surface area contributed by atoms with Crippen LogP contribution in [-0.2, 0) is 10.3 Å². The second-order valence-corrected chi connectivity index (χ2v) is 5.25. The molecular formula is C16H15NO3. The predicted molar refractivity (Wildman–Crippen MR) is 74.0 cm³/mol. The van der Waals surface area contributed by atoms with Gasteiger partial charge in [-0.25, -0.2) is 0 Å². The minimum atomic E-state index is -0.596. The van der Waals surface area contributed by atoms with Gasteiger partial charge < -0.3 is 14.9 Å². The van der Waals surface area contributed by atoms with Gasteiger partial charge in [-0.05, 0) is 24.6 Å². The van der Waals surface area contributed by atoms with E-state index in [-0.39, 0.29) is 17.9 Å². The molecule has 4 rings (SSSR count). The summed E-state index contributed by atoms with van der Waals surface area (Å²) in [6, 6.07) is 9.35. The van der Waals surface area contributed by atoms with Crippen molar-refractivity contribution in [2.45, 2.75) is 25.0 Å². The molecule has 0 saturated carbocycles. The fourth-order valence-electron chi connectivity index (χ4n) is 3.30. The lowest BCUT2D eigenvalue weighted by molar-refractivity contribution is -0.00780. The summed E-state index contributed by atoms with van der Waals surface area (Å²) >= 11 is 0. The lowest BCUT2D eigenvalue weighted by Crippen LogP contribution is -2.19. The van der Waals surface area contributed by atoms with Crippen LogP contribution in [0.5, 0.6) is 11.8 Å². The van der Waals surface area contributed by atoms with Crippen LogP contribution in [0.25, 0.3) is 5.69 Å². The summed E-state index contributed by atoms with van der Waals surface area (Å²) in [6.07, 6.45) is 4.38. The number of nitrogens with zero attached hydrogens (tertiary/aromatic N) is 1. The lowest BCUT2D eigenvalue weighted by Gasteiger charge is -2.22. The second-order valence-electron chi connectivity index (χ2n) is 5.25. The van der Waals surface area contributed by atoms with Crippen LogP contribution in [0.4, 0.5) is 0 Å². The van der Waals surface area contributed by atoms with Crippen LogP contribution in [-0.4, -0.2) is 14.8 Å². The summed E-state index contributed by atoms with van der Waals surface area (Å²) in [6.45, 7) is 2.01. The van der Waals surface area contributed by atoms with Gasteiger partial charge in [0.2, 0.25) is 11.8 Å². The number of ether oxygens (including phenoxy) is 1. The summed E-state index contributed by atoms with van der Waals surface area (Å²) < 4.78 is 7.41. The Morgan fingerprint density at radius 2 is 1.95 bits per heavy atom. The Bertz CT molecular complexity index is 717. The zero-order valence-electron chi connectivity index (χ0n) is 11.1. The van der Waals surface area contributed by atoms with Crippen LogP contribution in [0.3, 0.4) is 0 Å². The summed E-state index contributed by atoms with van der Waals surface area (Å²) in [7, 11) is 0. The summed E-state index contributed by atoms with van der Waals surface area (Å²) in [5, 5.41) is 21.1. The smallest absolute Gasteiger partial charge is 0.205 e. The first kappa shape index (κ1) is 11.6. The van der Waals surface area contributed by atoms with Crippen LogP contribution in [0.2, 0.25) is 0 Å². The zero-order valence-corrected chi connectivity index (χ0v) is 11.1. The molecule has 2 bridgehead atoms. The van der Waals surface area contributed by atoms with E-state index in [2.05, 4.69) is 0 Å². The largest absolute Gasteiger partial charge is 0.494 e. The van der Waals surface area contributed by atoms with Crippen molar-refractivity contribution in [3.63, 3.8) is 0 Å². The number of benzene rings is 1. The highest BCUT2D eigenvalue weighted by Crippen LogP contribution is 2.59. The number of para-hydroxylation sites is 1. The Morgan fingerprint density at radius 1 is 1.20 bits per heavy atom. The molecular weight excluding hydrogens is 254 g/mol. The minimum Gasteiger partial charge on any atom is -0.494 e. The van der Waals surface area contributed by atoms with E-state index in [1.807, 2.05) is 49.4 Å². The Labute approximate surface area is 116 Å². The molecule has 2 aromatic rings. The number of hydrogen-bond acceptors (Lipinski definition) is 3. The Morgan fingerprint density at radius 3 is 2.65 bits per heavy atom. The molecule has 2 unspecified atom stereocenters. The van der Waals surface area contributed by atoms with Gasteiger partial charge in [-0.1, -0.05) is 31.2 Å². The maximum atomic E-state index is 10.6. The van der Waals surface area contributed by atoms with Crippen molar-refractivity contribution in [3.05, 3.63) is 53.6 Å². The molecule has 2 atom stereocenters. The van der Waals surface area contributed by atoms with Crippen molar-refractivity contribution >= 4 is 0 Å². The quantitative estimate of drug-likeness (QED) is 0.823. The summed E-state index contributed by atoms with van der Waals surface area (Å²) in [5.41, 5.74) is 1.54. The number of aromatic nitrogens is 1. The number of aromatic hydroxyl groups is 2. The normalized spacial score (nSPS) is 26.1. The molecule has 4 heteroatoms. The Hall–Kier alpha value is -2.20. The van der Waals surface area contributed by atoms with Crippen LogP contribution in [0.15, 0.2) is 42.5 Å². The van der Waals surface area contributed by atoms with Gasteiger partial charge >= 0.3 is 0 Å². The van der Waals surface area contributed by atoms with E-state index in [1.165, 1.54) is 4.57 Å². The molecule has 1 aromatic carbocycles. The van der Waals surface area contributed by atoms with E-state index in [9.17, 15) is 10.2 Å². The maximum absolute atomic E-state index is 10.6. The van der Waals surface area contributed by atoms with Crippen LogP contribution in [0.1, 0.15) is 30.6 Å². The van der Waals surface area contributed by atoms with Gasteiger partial charge in [-0.3, -0.25) is 4.57 Å². The third-order valence-corrected chi connectivity index (χ3v) is 4.28. The monoisotopic (exact) mass is 269 g/mol. The van der Waals surface area contributed by atoms with Crippen molar-refractivity contribution in [3.8, 4) is 17.4 Å². The molecule has 0 aliphatic carbocycles. The summed E-state index contributed by atoms with van der Waals surface area (Å²) in [4.78, 5) is 0. The highest BCUT2D eigenvalue weighted by atomic mass is 16.5. The zero-order chi connectivity index (χ0) is 13.9. The Balaban J connectivity index is 2.00. The average molecular weight is 269 g/mol. The van der Waals surface area contributed by atoms with E-state index in [0.717, 1.165) is 12.1 Å². The van der Waals surface area contributed by atoms with Crippen molar-refractivity contribution in [1.82, 2.24) is 4.57 Å². The van der Waals surface area contributed by atoms with Crippen LogP contribution >= 0.6 is 0 Å². The van der Waals surface area contributed by atoms with Crippen molar-refractivity contribution in [1.29, 1.82) is 0 Å². The molecule has 0 radical (unpaired) electrons. The van der Waals surface area contributed by atoms with E-state index in [1.54, 1.807) is 0 Å². The minimum absolute atomic E-state index is 0.0633. The average Bonchev–Trinajstić information content (AvgIpc) is 3.11. The van der Waals surface area contributed by atoms with Crippen LogP contribution < -0.4 is 0 Å². The SMILES string of the molecule is CCC12C=CC(O1)c1c2c(O)n(-c2ccccc2)c1O. The number of fused-ring (bicyclic) bond motifs is 5. The van der Waals surface area contributed by atoms with Crippen LogP contribution in [0, 0.1) is 0 Å². The number of rotatable bonds is 2. The first-order valence-electron chi connectivity index (χ1n) is 6.77. The highest BCUT2D eigenvalue weighted by Gasteiger charge is 2.51. The first-order valence-corrected chi connectivity index (χ1v) is 6.77. The third-order valence-electron chi connectivity index (χ3n) is 4.28. The van der Waals surface area contributed by atoms with Crippen molar-refractivity contribution < 1.29 is 14.9 Å². The van der Waals surface area contributed by atoms with E-state index >= 15 is 0 Å².